The molecule has 5 nitrogen and oxygen atoms in total. The van der Waals surface area contributed by atoms with Crippen molar-refractivity contribution in [2.75, 3.05) is 13.1 Å². The molecule has 0 aliphatic carbocycles. The maximum atomic E-state index is 11.9. The highest BCUT2D eigenvalue weighted by Crippen LogP contribution is 2.10. The molecular weight excluding hydrogens is 208 g/mol. The monoisotopic (exact) mass is 228 g/mol. The van der Waals surface area contributed by atoms with Crippen LogP contribution in [0, 0.1) is 0 Å². The van der Waals surface area contributed by atoms with E-state index >= 15 is 0 Å². The van der Waals surface area contributed by atoms with Gasteiger partial charge in [0.25, 0.3) is 0 Å². The number of hydrogen-bond acceptors (Lipinski definition) is 3. The minimum atomic E-state index is -0.935. The second kappa shape index (κ2) is 5.84. The van der Waals surface area contributed by atoms with Gasteiger partial charge in [-0.15, -0.1) is 0 Å². The Morgan fingerprint density at radius 2 is 2.31 bits per heavy atom. The third kappa shape index (κ3) is 3.48. The molecule has 1 rings (SSSR count). The number of aliphatic carboxylic acids is 1. The highest BCUT2D eigenvalue weighted by molar-refractivity contribution is 5.86. The van der Waals surface area contributed by atoms with E-state index in [0.717, 1.165) is 19.4 Å². The molecule has 1 heterocycles. The van der Waals surface area contributed by atoms with Gasteiger partial charge in [-0.05, 0) is 13.3 Å². The Hall–Kier alpha value is -1.10. The average Bonchev–Trinajstić information content (AvgIpc) is 2.20. The van der Waals surface area contributed by atoms with E-state index < -0.39 is 12.0 Å². The third-order valence-electron chi connectivity index (χ3n) is 2.75. The Kier molecular flexibility index (Phi) is 4.73. The van der Waals surface area contributed by atoms with Gasteiger partial charge < -0.3 is 15.3 Å². The zero-order valence-corrected chi connectivity index (χ0v) is 9.90. The van der Waals surface area contributed by atoms with Crippen molar-refractivity contribution in [3.8, 4) is 0 Å². The van der Waals surface area contributed by atoms with Crippen molar-refractivity contribution in [1.82, 2.24) is 10.2 Å². The van der Waals surface area contributed by atoms with Crippen LogP contribution < -0.4 is 5.32 Å². The van der Waals surface area contributed by atoms with Crippen LogP contribution in [0.25, 0.3) is 0 Å². The number of nitrogens with one attached hydrogen (secondary N) is 1. The molecule has 0 bridgehead atoms. The molecule has 5 heteroatoms. The maximum Gasteiger partial charge on any atom is 0.305 e. The fraction of sp³-hybridized carbons (Fsp3) is 0.818. The van der Waals surface area contributed by atoms with Gasteiger partial charge in [-0.3, -0.25) is 9.59 Å². The van der Waals surface area contributed by atoms with Gasteiger partial charge in [-0.2, -0.15) is 0 Å². The molecule has 0 aromatic rings. The van der Waals surface area contributed by atoms with Gasteiger partial charge in [-0.25, -0.2) is 0 Å². The lowest BCUT2D eigenvalue weighted by molar-refractivity contribution is -0.144. The van der Waals surface area contributed by atoms with E-state index in [0.29, 0.717) is 6.54 Å². The van der Waals surface area contributed by atoms with Crippen LogP contribution in [0.5, 0.6) is 0 Å². The molecule has 92 valence electrons. The van der Waals surface area contributed by atoms with Gasteiger partial charge in [-0.1, -0.05) is 13.3 Å². The summed E-state index contributed by atoms with van der Waals surface area (Å²) in [6, 6.07) is -0.392. The summed E-state index contributed by atoms with van der Waals surface area (Å²) < 4.78 is 0. The van der Waals surface area contributed by atoms with Crippen molar-refractivity contribution in [3.63, 3.8) is 0 Å². The minimum absolute atomic E-state index is 0.0750. The number of nitrogens with zero attached hydrogens (tertiary/aromatic N) is 1. The first-order valence-electron chi connectivity index (χ1n) is 5.81. The third-order valence-corrected chi connectivity index (χ3v) is 2.75. The molecule has 2 N–H and O–H groups in total. The molecular formula is C11H20N2O3. The van der Waals surface area contributed by atoms with Crippen LogP contribution in [0.1, 0.15) is 33.1 Å². The van der Waals surface area contributed by atoms with Crippen molar-refractivity contribution in [2.24, 2.45) is 0 Å². The second-order valence-corrected chi connectivity index (χ2v) is 4.36. The topological polar surface area (TPSA) is 69.6 Å². The number of carboxylic acid groups (broad SMARTS) is 1. The first-order valence-corrected chi connectivity index (χ1v) is 5.81. The van der Waals surface area contributed by atoms with E-state index in [2.05, 4.69) is 12.2 Å². The summed E-state index contributed by atoms with van der Waals surface area (Å²) >= 11 is 0. The lowest BCUT2D eigenvalue weighted by Crippen LogP contribution is -2.59. The van der Waals surface area contributed by atoms with Gasteiger partial charge in [0, 0.05) is 19.1 Å². The van der Waals surface area contributed by atoms with Gasteiger partial charge in [0.2, 0.25) is 5.91 Å². The lowest BCUT2D eigenvalue weighted by atomic mass is 10.1. The van der Waals surface area contributed by atoms with Crippen molar-refractivity contribution < 1.29 is 14.7 Å². The Bertz CT molecular complexity index is 268. The largest absolute Gasteiger partial charge is 0.481 e. The normalized spacial score (nSPS) is 25.9. The summed E-state index contributed by atoms with van der Waals surface area (Å²) in [5.41, 5.74) is 0. The fourth-order valence-corrected chi connectivity index (χ4v) is 1.98. The molecule has 16 heavy (non-hydrogen) atoms. The zero-order valence-electron chi connectivity index (χ0n) is 9.90. The standard InChI is InChI=1S/C11H20N2O3/c1-3-4-5-13-7-8(2)12-9(11(13)16)6-10(14)15/h8-9,12H,3-7H2,1-2H3,(H,14,15). The number of carbonyl (C=O) groups excluding carboxylic acids is 1. The van der Waals surface area contributed by atoms with Crippen LogP contribution >= 0.6 is 0 Å². The molecule has 2 unspecified atom stereocenters. The lowest BCUT2D eigenvalue weighted by Gasteiger charge is -2.36. The molecule has 1 aliphatic rings. The molecule has 0 radical (unpaired) electrons. The molecule has 2 atom stereocenters. The summed E-state index contributed by atoms with van der Waals surface area (Å²) in [6.45, 7) is 5.46. The fourth-order valence-electron chi connectivity index (χ4n) is 1.98. The molecule has 0 aromatic heterocycles. The van der Waals surface area contributed by atoms with Gasteiger partial charge in [0.05, 0.1) is 12.5 Å². The molecule has 1 fully saturated rings. The van der Waals surface area contributed by atoms with E-state index in [9.17, 15) is 9.59 Å². The molecule has 1 amide bonds. The quantitative estimate of drug-likeness (QED) is 0.717. The summed E-state index contributed by atoms with van der Waals surface area (Å²) in [6.07, 6.45) is 1.87. The van der Waals surface area contributed by atoms with Gasteiger partial charge >= 0.3 is 5.97 Å². The number of rotatable bonds is 5. The number of hydrogen-bond donors (Lipinski definition) is 2. The number of unbranched alkanes of at least 4 members (excludes halogenated alkanes) is 1. The number of carbonyl (C=O) groups is 2. The molecule has 1 aliphatic heterocycles. The van der Waals surface area contributed by atoms with Crippen LogP contribution in [-0.2, 0) is 9.59 Å². The van der Waals surface area contributed by atoms with Crippen molar-refractivity contribution in [3.05, 3.63) is 0 Å². The van der Waals surface area contributed by atoms with Crippen molar-refractivity contribution in [2.45, 2.75) is 45.2 Å². The summed E-state index contributed by atoms with van der Waals surface area (Å²) in [5, 5.41) is 11.8. The van der Waals surface area contributed by atoms with E-state index in [4.69, 9.17) is 5.11 Å². The summed E-state index contributed by atoms with van der Waals surface area (Å²) in [5.74, 6) is -1.01. The van der Waals surface area contributed by atoms with Crippen LogP contribution in [0.2, 0.25) is 0 Å². The Balaban J connectivity index is 2.58. The van der Waals surface area contributed by atoms with Crippen LogP contribution in [0.3, 0.4) is 0 Å². The van der Waals surface area contributed by atoms with E-state index in [-0.39, 0.29) is 18.4 Å². The smallest absolute Gasteiger partial charge is 0.305 e. The first kappa shape index (κ1) is 13.0. The van der Waals surface area contributed by atoms with Crippen molar-refractivity contribution in [1.29, 1.82) is 0 Å². The van der Waals surface area contributed by atoms with Crippen LogP contribution in [0.4, 0.5) is 0 Å². The summed E-state index contributed by atoms with van der Waals surface area (Å²) in [7, 11) is 0. The van der Waals surface area contributed by atoms with Crippen LogP contribution in [-0.4, -0.2) is 47.1 Å². The van der Waals surface area contributed by atoms with Gasteiger partial charge in [0.1, 0.15) is 0 Å². The maximum absolute atomic E-state index is 11.9. The molecule has 0 aromatic carbocycles. The highest BCUT2D eigenvalue weighted by Gasteiger charge is 2.32. The Morgan fingerprint density at radius 1 is 1.62 bits per heavy atom. The number of carboxylic acids is 1. The van der Waals surface area contributed by atoms with Gasteiger partial charge in [0.15, 0.2) is 0 Å². The zero-order chi connectivity index (χ0) is 12.1. The molecule has 0 spiro atoms. The van der Waals surface area contributed by atoms with E-state index in [1.807, 2.05) is 6.92 Å². The van der Waals surface area contributed by atoms with E-state index in [1.165, 1.54) is 0 Å². The summed E-state index contributed by atoms with van der Waals surface area (Å²) in [4.78, 5) is 24.3. The Labute approximate surface area is 95.8 Å². The Morgan fingerprint density at radius 3 is 2.88 bits per heavy atom. The van der Waals surface area contributed by atoms with Crippen LogP contribution in [0.15, 0.2) is 0 Å². The highest BCUT2D eigenvalue weighted by atomic mass is 16.4. The van der Waals surface area contributed by atoms with E-state index in [1.54, 1.807) is 4.90 Å². The number of piperazine rings is 1. The second-order valence-electron chi connectivity index (χ2n) is 4.36. The average molecular weight is 228 g/mol. The first-order chi connectivity index (χ1) is 7.54. The minimum Gasteiger partial charge on any atom is -0.481 e. The predicted octanol–water partition coefficient (Wildman–Crippen LogP) is 0.450. The molecule has 0 saturated carbocycles. The van der Waals surface area contributed by atoms with Crippen molar-refractivity contribution >= 4 is 11.9 Å². The SMILES string of the molecule is CCCCN1CC(C)NC(CC(=O)O)C1=O. The predicted molar refractivity (Wildman–Crippen MR) is 60.1 cm³/mol. The molecule has 1 saturated heterocycles. The number of amides is 1.